The summed E-state index contributed by atoms with van der Waals surface area (Å²) in [6.45, 7) is 4.78. The first kappa shape index (κ1) is 17.4. The smallest absolute Gasteiger partial charge is 0.311 e. The van der Waals surface area contributed by atoms with Gasteiger partial charge in [-0.05, 0) is 48.9 Å². The summed E-state index contributed by atoms with van der Waals surface area (Å²) in [5, 5.41) is 13.4. The molecule has 0 spiro atoms. The van der Waals surface area contributed by atoms with Crippen molar-refractivity contribution in [3.8, 4) is 5.75 Å². The van der Waals surface area contributed by atoms with Crippen LogP contribution in [0.4, 0.5) is 5.69 Å². The van der Waals surface area contributed by atoms with Gasteiger partial charge >= 0.3 is 5.69 Å². The number of benzene rings is 1. The molecule has 1 unspecified atom stereocenters. The number of ether oxygens (including phenoxy) is 1. The Morgan fingerprint density at radius 3 is 2.88 bits per heavy atom. The number of amides is 1. The number of nitro groups is 1. The molecular formula is C18H20N2O4S. The Kier molecular flexibility index (Phi) is 5.03. The van der Waals surface area contributed by atoms with Gasteiger partial charge in [0, 0.05) is 23.1 Å². The maximum absolute atomic E-state index is 13.0. The zero-order valence-corrected chi connectivity index (χ0v) is 15.0. The molecule has 1 aliphatic rings. The lowest BCUT2D eigenvalue weighted by Gasteiger charge is -2.35. The second-order valence-corrected chi connectivity index (χ2v) is 6.85. The molecule has 0 saturated carbocycles. The predicted molar refractivity (Wildman–Crippen MR) is 96.4 cm³/mol. The zero-order chi connectivity index (χ0) is 18.0. The van der Waals surface area contributed by atoms with E-state index in [0.717, 1.165) is 12.8 Å². The molecule has 2 aromatic rings. The van der Waals surface area contributed by atoms with Crippen LogP contribution in [0.1, 0.15) is 47.1 Å². The molecule has 0 fully saturated rings. The fourth-order valence-corrected chi connectivity index (χ4v) is 4.24. The van der Waals surface area contributed by atoms with E-state index in [9.17, 15) is 14.9 Å². The highest BCUT2D eigenvalue weighted by atomic mass is 32.1. The molecule has 3 rings (SSSR count). The van der Waals surface area contributed by atoms with Crippen LogP contribution < -0.4 is 4.74 Å². The van der Waals surface area contributed by atoms with Crippen molar-refractivity contribution >= 4 is 22.9 Å². The molecule has 0 bridgehead atoms. The standard InChI is InChI=1S/C18H20N2O4S/c1-3-14-13-8-10-25-17(13)7-9-19(14)18(21)12-5-6-16(24-4-2)15(11-12)20(22)23/h5-6,8,10-11,14H,3-4,7,9H2,1-2H3. The Bertz CT molecular complexity index is 802. The van der Waals surface area contributed by atoms with Crippen molar-refractivity contribution in [1.29, 1.82) is 0 Å². The SMILES string of the molecule is CCOc1ccc(C(=O)N2CCc3sccc3C2CC)cc1[N+](=O)[O-]. The summed E-state index contributed by atoms with van der Waals surface area (Å²) in [6.07, 6.45) is 1.64. The van der Waals surface area contributed by atoms with Crippen LogP contribution in [0.3, 0.4) is 0 Å². The lowest BCUT2D eigenvalue weighted by molar-refractivity contribution is -0.385. The van der Waals surface area contributed by atoms with Gasteiger partial charge in [-0.1, -0.05) is 6.92 Å². The monoisotopic (exact) mass is 360 g/mol. The van der Waals surface area contributed by atoms with E-state index in [0.29, 0.717) is 18.7 Å². The van der Waals surface area contributed by atoms with E-state index < -0.39 is 4.92 Å². The van der Waals surface area contributed by atoms with Crippen molar-refractivity contribution in [2.24, 2.45) is 0 Å². The Morgan fingerprint density at radius 1 is 1.40 bits per heavy atom. The van der Waals surface area contributed by atoms with Gasteiger partial charge in [-0.2, -0.15) is 0 Å². The molecule has 1 aliphatic heterocycles. The summed E-state index contributed by atoms with van der Waals surface area (Å²) >= 11 is 1.72. The molecule has 7 heteroatoms. The van der Waals surface area contributed by atoms with E-state index in [4.69, 9.17) is 4.74 Å². The van der Waals surface area contributed by atoms with Crippen molar-refractivity contribution in [3.05, 3.63) is 55.8 Å². The summed E-state index contributed by atoms with van der Waals surface area (Å²) in [5.74, 6) is 0.0182. The minimum atomic E-state index is -0.508. The molecule has 0 N–H and O–H groups in total. The van der Waals surface area contributed by atoms with E-state index in [2.05, 4.69) is 18.4 Å². The quantitative estimate of drug-likeness (QED) is 0.591. The molecule has 1 aromatic carbocycles. The first-order valence-corrected chi connectivity index (χ1v) is 9.23. The van der Waals surface area contributed by atoms with Crippen LogP contribution in [0.2, 0.25) is 0 Å². The van der Waals surface area contributed by atoms with Gasteiger partial charge in [-0.25, -0.2) is 0 Å². The number of carbonyl (C=O) groups is 1. The van der Waals surface area contributed by atoms with Gasteiger partial charge in [0.1, 0.15) is 0 Å². The highest BCUT2D eigenvalue weighted by Crippen LogP contribution is 2.37. The van der Waals surface area contributed by atoms with Gasteiger partial charge in [0.2, 0.25) is 0 Å². The molecule has 0 radical (unpaired) electrons. The summed E-state index contributed by atoms with van der Waals surface area (Å²) < 4.78 is 5.29. The van der Waals surface area contributed by atoms with Crippen molar-refractivity contribution in [1.82, 2.24) is 4.90 Å². The lowest BCUT2D eigenvalue weighted by atomic mass is 9.96. The first-order chi connectivity index (χ1) is 12.1. The topological polar surface area (TPSA) is 72.7 Å². The fourth-order valence-electron chi connectivity index (χ4n) is 3.32. The third-order valence-electron chi connectivity index (χ3n) is 4.44. The maximum Gasteiger partial charge on any atom is 0.311 e. The molecule has 25 heavy (non-hydrogen) atoms. The third kappa shape index (κ3) is 3.24. The number of rotatable bonds is 5. The lowest BCUT2D eigenvalue weighted by Crippen LogP contribution is -2.39. The van der Waals surface area contributed by atoms with Crippen LogP contribution in [0, 0.1) is 10.1 Å². The average Bonchev–Trinajstić information content (AvgIpc) is 3.09. The van der Waals surface area contributed by atoms with E-state index in [-0.39, 0.29) is 23.4 Å². The zero-order valence-electron chi connectivity index (χ0n) is 14.2. The molecule has 1 amide bonds. The molecule has 1 aromatic heterocycles. The van der Waals surface area contributed by atoms with Crippen LogP contribution in [0.5, 0.6) is 5.75 Å². The van der Waals surface area contributed by atoms with Gasteiger partial charge in [-0.3, -0.25) is 14.9 Å². The van der Waals surface area contributed by atoms with Crippen LogP contribution in [0.15, 0.2) is 29.6 Å². The number of nitro benzene ring substituents is 1. The predicted octanol–water partition coefficient (Wildman–Crippen LogP) is 4.20. The van der Waals surface area contributed by atoms with E-state index in [1.807, 2.05) is 4.90 Å². The third-order valence-corrected chi connectivity index (χ3v) is 5.44. The van der Waals surface area contributed by atoms with E-state index >= 15 is 0 Å². The number of nitrogens with zero attached hydrogens (tertiary/aromatic N) is 2. The minimum Gasteiger partial charge on any atom is -0.487 e. The summed E-state index contributed by atoms with van der Waals surface area (Å²) in [6, 6.07) is 6.54. The Labute approximate surface area is 150 Å². The van der Waals surface area contributed by atoms with Gasteiger partial charge in [0.05, 0.1) is 17.6 Å². The fraction of sp³-hybridized carbons (Fsp3) is 0.389. The number of fused-ring (bicyclic) bond motifs is 1. The largest absolute Gasteiger partial charge is 0.487 e. The number of hydrogen-bond donors (Lipinski definition) is 0. The van der Waals surface area contributed by atoms with Crippen molar-refractivity contribution in [2.45, 2.75) is 32.7 Å². The number of thiophene rings is 1. The molecule has 0 saturated heterocycles. The molecule has 6 nitrogen and oxygen atoms in total. The van der Waals surface area contributed by atoms with Crippen LogP contribution in [-0.4, -0.2) is 28.9 Å². The molecule has 1 atom stereocenters. The molecule has 2 heterocycles. The van der Waals surface area contributed by atoms with Crippen molar-refractivity contribution in [2.75, 3.05) is 13.2 Å². The number of carbonyl (C=O) groups excluding carboxylic acids is 1. The second kappa shape index (κ2) is 7.23. The first-order valence-electron chi connectivity index (χ1n) is 8.35. The van der Waals surface area contributed by atoms with Crippen molar-refractivity contribution in [3.63, 3.8) is 0 Å². The normalized spacial score (nSPS) is 16.4. The minimum absolute atomic E-state index is 0.0214. The highest BCUT2D eigenvalue weighted by Gasteiger charge is 2.31. The average molecular weight is 360 g/mol. The van der Waals surface area contributed by atoms with E-state index in [1.54, 1.807) is 24.3 Å². The van der Waals surface area contributed by atoms with Crippen molar-refractivity contribution < 1.29 is 14.5 Å². The van der Waals surface area contributed by atoms with Gasteiger partial charge in [0.15, 0.2) is 5.75 Å². The highest BCUT2D eigenvalue weighted by molar-refractivity contribution is 7.10. The van der Waals surface area contributed by atoms with Crippen LogP contribution >= 0.6 is 11.3 Å². The molecule has 0 aliphatic carbocycles. The second-order valence-electron chi connectivity index (χ2n) is 5.84. The summed E-state index contributed by atoms with van der Waals surface area (Å²) in [5.41, 5.74) is 1.36. The van der Waals surface area contributed by atoms with Crippen LogP contribution in [0.25, 0.3) is 0 Å². The molecule has 132 valence electrons. The van der Waals surface area contributed by atoms with Crippen LogP contribution in [-0.2, 0) is 6.42 Å². The summed E-state index contributed by atoms with van der Waals surface area (Å²) in [4.78, 5) is 27.0. The Balaban J connectivity index is 1.93. The Hall–Kier alpha value is -2.41. The van der Waals surface area contributed by atoms with Gasteiger partial charge in [-0.15, -0.1) is 11.3 Å². The maximum atomic E-state index is 13.0. The summed E-state index contributed by atoms with van der Waals surface area (Å²) in [7, 11) is 0. The van der Waals surface area contributed by atoms with E-state index in [1.165, 1.54) is 22.6 Å². The van der Waals surface area contributed by atoms with Gasteiger partial charge < -0.3 is 9.64 Å². The van der Waals surface area contributed by atoms with Gasteiger partial charge in [0.25, 0.3) is 5.91 Å². The number of hydrogen-bond acceptors (Lipinski definition) is 5. The molecular weight excluding hydrogens is 340 g/mol. The Morgan fingerprint density at radius 2 is 2.20 bits per heavy atom.